The fourth-order valence-corrected chi connectivity index (χ4v) is 8.31. The van der Waals surface area contributed by atoms with Crippen LogP contribution in [0.2, 0.25) is 0 Å². The first-order valence-corrected chi connectivity index (χ1v) is 19.3. The van der Waals surface area contributed by atoms with Gasteiger partial charge < -0.3 is 40.9 Å². The number of hydrogen-bond donors (Lipinski definition) is 3. The monoisotopic (exact) mass is 757 g/mol. The lowest BCUT2D eigenvalue weighted by Gasteiger charge is -2.37. The van der Waals surface area contributed by atoms with E-state index in [9.17, 15) is 19.2 Å². The van der Waals surface area contributed by atoms with Gasteiger partial charge in [0.05, 0.1) is 18.8 Å². The number of amides is 5. The molecule has 3 aromatic rings. The van der Waals surface area contributed by atoms with E-state index in [2.05, 4.69) is 48.7 Å². The van der Waals surface area contributed by atoms with Gasteiger partial charge in [-0.05, 0) is 67.6 Å². The molecule has 1 aromatic heterocycles. The molecule has 0 aliphatic carbocycles. The summed E-state index contributed by atoms with van der Waals surface area (Å²) in [4.78, 5) is 72.2. The maximum Gasteiger partial charge on any atom is 0.320 e. The molecule has 5 aliphatic rings. The molecule has 8 rings (SSSR count). The second-order valence-corrected chi connectivity index (χ2v) is 15.1. The van der Waals surface area contributed by atoms with E-state index in [0.717, 1.165) is 81.2 Å². The van der Waals surface area contributed by atoms with Gasteiger partial charge in [-0.15, -0.1) is 0 Å². The van der Waals surface area contributed by atoms with Gasteiger partial charge in [0.25, 0.3) is 11.8 Å². The largest absolute Gasteiger partial charge is 0.369 e. The Labute approximate surface area is 326 Å². The number of allylic oxidation sites excluding steroid dienone is 1. The van der Waals surface area contributed by atoms with E-state index in [1.165, 1.54) is 0 Å². The Hall–Kier alpha value is -6.14. The summed E-state index contributed by atoms with van der Waals surface area (Å²) >= 11 is 0. The third-order valence-electron chi connectivity index (χ3n) is 11.5. The van der Waals surface area contributed by atoms with Crippen molar-refractivity contribution in [3.8, 4) is 11.8 Å². The average Bonchev–Trinajstić information content (AvgIpc) is 3.72. The molecule has 1 unspecified atom stereocenters. The van der Waals surface area contributed by atoms with Gasteiger partial charge in [0.1, 0.15) is 11.9 Å². The first kappa shape index (κ1) is 36.8. The summed E-state index contributed by atoms with van der Waals surface area (Å²) in [5, 5.41) is 6.06. The van der Waals surface area contributed by atoms with E-state index in [0.29, 0.717) is 55.4 Å². The van der Waals surface area contributed by atoms with Crippen molar-refractivity contribution in [2.24, 2.45) is 5.73 Å². The summed E-state index contributed by atoms with van der Waals surface area (Å²) in [6, 6.07) is 13.3. The predicted octanol–water partition coefficient (Wildman–Crippen LogP) is 2.58. The number of nitrogens with two attached hydrogens (primary N) is 1. The van der Waals surface area contributed by atoms with Crippen LogP contribution in [0.25, 0.3) is 0 Å². The van der Waals surface area contributed by atoms with Crippen LogP contribution in [0.5, 0.6) is 0 Å². The summed E-state index contributed by atoms with van der Waals surface area (Å²) in [6.45, 7) is 11.1. The maximum atomic E-state index is 13.2. The number of carbonyl (C=O) groups excluding carboxylic acids is 4. The van der Waals surface area contributed by atoms with E-state index >= 15 is 0 Å². The van der Waals surface area contributed by atoms with Crippen LogP contribution in [0.3, 0.4) is 0 Å². The number of urea groups is 1. The van der Waals surface area contributed by atoms with Crippen LogP contribution in [-0.2, 0) is 11.3 Å². The van der Waals surface area contributed by atoms with Gasteiger partial charge >= 0.3 is 6.03 Å². The molecule has 0 bridgehead atoms. The highest BCUT2D eigenvalue weighted by Gasteiger charge is 2.39. The molecule has 4 N–H and O–H groups in total. The maximum absolute atomic E-state index is 13.2. The molecule has 5 aliphatic heterocycles. The second-order valence-electron chi connectivity index (χ2n) is 15.1. The number of anilines is 4. The van der Waals surface area contributed by atoms with Crippen LogP contribution in [0.1, 0.15) is 57.7 Å². The molecule has 15 heteroatoms. The standard InChI is InChI=1S/C41H47N11O4/c1-27-10-15-34(39(54)44-27)52-26-33-28(6-3-9-32(33)40(52)55)7-4-16-48-19-21-49(22-20-48)30-13-11-29(12-14-30)45-38-36(37(42)53)43-24-35(46-38)50-17-5-8-31(25-50)51-23-18-47(2)41(51)56/h3,6,9,11-14,24,31,34H,1,5,8,10,15-23,25-26H2,2H3,(H2,42,53)(H,44,54)(H,45,46)/t31-,34?/m0/s1. The highest BCUT2D eigenvalue weighted by Crippen LogP contribution is 2.31. The van der Waals surface area contributed by atoms with Crippen molar-refractivity contribution in [1.29, 1.82) is 0 Å². The number of piperazine rings is 1. The van der Waals surface area contributed by atoms with Crippen LogP contribution in [-0.4, -0.2) is 131 Å². The number of hydrogen-bond acceptors (Lipinski definition) is 10. The van der Waals surface area contributed by atoms with Crippen LogP contribution in [0, 0.1) is 11.8 Å². The Morgan fingerprint density at radius 1 is 0.982 bits per heavy atom. The van der Waals surface area contributed by atoms with Crippen molar-refractivity contribution in [2.75, 3.05) is 81.1 Å². The normalized spacial score (nSPS) is 21.6. The zero-order valence-corrected chi connectivity index (χ0v) is 31.7. The van der Waals surface area contributed by atoms with Crippen molar-refractivity contribution >= 4 is 46.8 Å². The van der Waals surface area contributed by atoms with Crippen LogP contribution >= 0.6 is 0 Å². The number of likely N-dealkylation sites (N-methyl/N-ethyl adjacent to an activating group) is 1. The highest BCUT2D eigenvalue weighted by molar-refractivity contribution is 6.02. The van der Waals surface area contributed by atoms with E-state index in [-0.39, 0.29) is 29.6 Å². The van der Waals surface area contributed by atoms with Crippen molar-refractivity contribution in [3.63, 3.8) is 0 Å². The van der Waals surface area contributed by atoms with Gasteiger partial charge in [-0.3, -0.25) is 19.3 Å². The molecule has 2 atom stereocenters. The average molecular weight is 758 g/mol. The molecule has 4 fully saturated rings. The first-order valence-electron chi connectivity index (χ1n) is 19.3. The van der Waals surface area contributed by atoms with Gasteiger partial charge in [-0.1, -0.05) is 24.5 Å². The summed E-state index contributed by atoms with van der Waals surface area (Å²) < 4.78 is 0. The van der Waals surface area contributed by atoms with Crippen LogP contribution < -0.4 is 26.2 Å². The molecule has 0 radical (unpaired) electrons. The summed E-state index contributed by atoms with van der Waals surface area (Å²) in [5.74, 6) is 6.60. The topological polar surface area (TPSA) is 164 Å². The fraction of sp³-hybridized carbons (Fsp3) is 0.415. The Morgan fingerprint density at radius 3 is 2.52 bits per heavy atom. The van der Waals surface area contributed by atoms with Crippen molar-refractivity contribution in [3.05, 3.63) is 83.3 Å². The van der Waals surface area contributed by atoms with Gasteiger partial charge in [-0.2, -0.15) is 0 Å². The lowest BCUT2D eigenvalue weighted by atomic mass is 10.0. The zero-order chi connectivity index (χ0) is 38.9. The molecule has 6 heterocycles. The molecule has 0 saturated carbocycles. The van der Waals surface area contributed by atoms with Gasteiger partial charge in [-0.25, -0.2) is 14.8 Å². The third kappa shape index (κ3) is 7.44. The van der Waals surface area contributed by atoms with Crippen molar-refractivity contribution in [1.82, 2.24) is 34.9 Å². The minimum Gasteiger partial charge on any atom is -0.369 e. The molecule has 5 amide bonds. The Kier molecular flexibility index (Phi) is 10.2. The number of nitrogens with one attached hydrogen (secondary N) is 2. The van der Waals surface area contributed by atoms with E-state index in [1.54, 1.807) is 16.0 Å². The summed E-state index contributed by atoms with van der Waals surface area (Å²) in [7, 11) is 1.83. The SMILES string of the molecule is C=C1CCC(N2Cc3c(C#CCN4CCN(c5ccc(Nc6nc(N7CCC[C@H](N8CCN(C)C8=O)C7)cnc6C(N)=O)cc5)CC4)cccc3C2=O)C(=O)N1. The molecule has 0 spiro atoms. The number of rotatable bonds is 8. The van der Waals surface area contributed by atoms with Gasteiger partial charge in [0.2, 0.25) is 5.91 Å². The Balaban J connectivity index is 0.859. The Morgan fingerprint density at radius 2 is 1.79 bits per heavy atom. The molecule has 290 valence electrons. The number of benzene rings is 2. The van der Waals surface area contributed by atoms with Crippen molar-refractivity contribution in [2.45, 2.75) is 44.3 Å². The second kappa shape index (κ2) is 15.5. The third-order valence-corrected chi connectivity index (χ3v) is 11.5. The predicted molar refractivity (Wildman–Crippen MR) is 212 cm³/mol. The minimum absolute atomic E-state index is 0.0602. The molecular formula is C41H47N11O4. The highest BCUT2D eigenvalue weighted by atomic mass is 16.2. The van der Waals surface area contributed by atoms with E-state index in [4.69, 9.17) is 10.7 Å². The number of fused-ring (bicyclic) bond motifs is 1. The Bertz CT molecular complexity index is 2120. The number of primary amides is 1. The van der Waals surface area contributed by atoms with Gasteiger partial charge in [0, 0.05) is 94.1 Å². The van der Waals surface area contributed by atoms with Crippen LogP contribution in [0.4, 0.5) is 27.8 Å². The lowest BCUT2D eigenvalue weighted by Crippen LogP contribution is -2.49. The zero-order valence-electron chi connectivity index (χ0n) is 31.7. The minimum atomic E-state index is -0.667. The quantitative estimate of drug-likeness (QED) is 0.291. The summed E-state index contributed by atoms with van der Waals surface area (Å²) in [5.41, 5.74) is 10.6. The molecule has 2 aromatic carbocycles. The molecular weight excluding hydrogens is 711 g/mol. The number of nitrogens with zero attached hydrogens (tertiary/aromatic N) is 8. The van der Waals surface area contributed by atoms with Crippen LogP contribution in [0.15, 0.2) is 60.9 Å². The molecule has 15 nitrogen and oxygen atoms in total. The molecule has 56 heavy (non-hydrogen) atoms. The van der Waals surface area contributed by atoms with Crippen molar-refractivity contribution < 1.29 is 19.2 Å². The fourth-order valence-electron chi connectivity index (χ4n) is 8.31. The number of carbonyl (C=O) groups is 4. The summed E-state index contributed by atoms with van der Waals surface area (Å²) in [6.07, 6.45) is 4.67. The number of piperidine rings is 2. The lowest BCUT2D eigenvalue weighted by molar-refractivity contribution is -0.126. The molecule has 4 saturated heterocycles. The van der Waals surface area contributed by atoms with E-state index < -0.39 is 11.9 Å². The smallest absolute Gasteiger partial charge is 0.320 e. The van der Waals surface area contributed by atoms with E-state index in [1.807, 2.05) is 54.4 Å². The van der Waals surface area contributed by atoms with Gasteiger partial charge in [0.15, 0.2) is 11.5 Å². The number of aromatic nitrogens is 2. The first-order chi connectivity index (χ1) is 27.1.